The van der Waals surface area contributed by atoms with Gasteiger partial charge < -0.3 is 4.57 Å². The summed E-state index contributed by atoms with van der Waals surface area (Å²) in [5.74, 6) is 1.97. The van der Waals surface area contributed by atoms with E-state index in [4.69, 9.17) is 18.6 Å². The lowest BCUT2D eigenvalue weighted by atomic mass is 9.48. The summed E-state index contributed by atoms with van der Waals surface area (Å²) in [4.78, 5) is 4.71. The molecule has 0 radical (unpaired) electrons. The van der Waals surface area contributed by atoms with Crippen LogP contribution in [0.2, 0.25) is 0 Å². The molecule has 0 bridgehead atoms. The third kappa shape index (κ3) is 5.32. The molecule has 0 aliphatic heterocycles. The molecule has 1 aromatic heterocycles. The average molecular weight is 581 g/mol. The molecule has 4 aliphatic carbocycles. The molecule has 2 fully saturated rings. The van der Waals surface area contributed by atoms with Crippen molar-refractivity contribution in [2.45, 2.75) is 118 Å². The summed E-state index contributed by atoms with van der Waals surface area (Å²) in [5, 5.41) is 0. The molecule has 0 spiro atoms. The quantitative estimate of drug-likeness (QED) is 0.260. The first-order valence-electron chi connectivity index (χ1n) is 15.6. The van der Waals surface area contributed by atoms with E-state index in [9.17, 15) is 4.57 Å². The van der Waals surface area contributed by atoms with Gasteiger partial charge in [-0.2, -0.15) is 0 Å². The van der Waals surface area contributed by atoms with Crippen molar-refractivity contribution in [3.05, 3.63) is 48.3 Å². The van der Waals surface area contributed by atoms with Gasteiger partial charge in [0.05, 0.1) is 28.3 Å². The summed E-state index contributed by atoms with van der Waals surface area (Å²) in [5.41, 5.74) is 4.27. The Hall–Kier alpha value is -1.72. The van der Waals surface area contributed by atoms with E-state index in [1.54, 1.807) is 0 Å². The molecule has 2 saturated carbocycles. The van der Waals surface area contributed by atoms with Gasteiger partial charge in [-0.15, -0.1) is 0 Å². The Bertz CT molecular complexity index is 1410. The maximum Gasteiger partial charge on any atom is 0.476 e. The van der Waals surface area contributed by atoms with Crippen LogP contribution in [-0.4, -0.2) is 26.9 Å². The van der Waals surface area contributed by atoms with Gasteiger partial charge in [-0.3, -0.25) is 13.6 Å². The molecule has 1 heterocycles. The standard InChI is InChI=1S/C34H49N2O4P/c1-31(2,3)39-41(37,40-32(4,5)6)38-24-17-19-33(7)23(21-24)13-14-25-26-15-16-30(34(26,8)20-18-27(25)33)36-22-35-28-11-9-10-12-29(28)36/h9-13,16,22,24-27H,14-15,17-21H2,1-8H3/t24-,25?,26?,27?,33-,34-/m0/s1. The Morgan fingerprint density at radius 1 is 0.902 bits per heavy atom. The number of imidazole rings is 1. The molecule has 6 nitrogen and oxygen atoms in total. The van der Waals surface area contributed by atoms with Crippen LogP contribution >= 0.6 is 7.82 Å². The van der Waals surface area contributed by atoms with Crippen LogP contribution in [0.3, 0.4) is 0 Å². The zero-order valence-electron chi connectivity index (χ0n) is 26.3. The minimum absolute atomic E-state index is 0.161. The van der Waals surface area contributed by atoms with Crippen molar-refractivity contribution in [1.82, 2.24) is 9.55 Å². The van der Waals surface area contributed by atoms with E-state index in [1.807, 2.05) is 47.9 Å². The van der Waals surface area contributed by atoms with Gasteiger partial charge in [-0.05, 0) is 122 Å². The summed E-state index contributed by atoms with van der Waals surface area (Å²) >= 11 is 0. The van der Waals surface area contributed by atoms with E-state index in [1.165, 1.54) is 29.6 Å². The minimum atomic E-state index is -3.74. The van der Waals surface area contributed by atoms with Gasteiger partial charge in [-0.25, -0.2) is 9.55 Å². The first-order chi connectivity index (χ1) is 19.1. The number of phosphoric ester groups is 1. The first-order valence-corrected chi connectivity index (χ1v) is 17.1. The van der Waals surface area contributed by atoms with Crippen molar-refractivity contribution >= 4 is 24.6 Å². The lowest BCUT2D eigenvalue weighted by molar-refractivity contribution is -0.0402. The summed E-state index contributed by atoms with van der Waals surface area (Å²) in [6.45, 7) is 16.4. The number of para-hydroxylation sites is 2. The number of nitrogens with zero attached hydrogens (tertiary/aromatic N) is 2. The molecule has 6 rings (SSSR count). The number of aromatic nitrogens is 2. The van der Waals surface area contributed by atoms with E-state index in [0.717, 1.165) is 37.6 Å². The number of phosphoric acid groups is 1. The van der Waals surface area contributed by atoms with Crippen molar-refractivity contribution in [1.29, 1.82) is 0 Å². The highest BCUT2D eigenvalue weighted by molar-refractivity contribution is 7.48. The molecule has 4 aliphatic rings. The van der Waals surface area contributed by atoms with Crippen molar-refractivity contribution < 1.29 is 18.1 Å². The van der Waals surface area contributed by atoms with Crippen LogP contribution in [0.5, 0.6) is 0 Å². The Balaban J connectivity index is 1.21. The monoisotopic (exact) mass is 580 g/mol. The number of benzene rings is 1. The topological polar surface area (TPSA) is 62.6 Å². The molecule has 224 valence electrons. The number of hydrogen-bond acceptors (Lipinski definition) is 5. The van der Waals surface area contributed by atoms with Crippen LogP contribution < -0.4 is 0 Å². The molecule has 0 amide bonds. The van der Waals surface area contributed by atoms with E-state index >= 15 is 0 Å². The molecular weight excluding hydrogens is 531 g/mol. The summed E-state index contributed by atoms with van der Waals surface area (Å²) in [7, 11) is -3.74. The van der Waals surface area contributed by atoms with E-state index < -0.39 is 19.0 Å². The summed E-state index contributed by atoms with van der Waals surface area (Å²) in [6.07, 6.45) is 14.3. The van der Waals surface area contributed by atoms with E-state index in [2.05, 4.69) is 54.8 Å². The first kappa shape index (κ1) is 29.4. The molecule has 6 atom stereocenters. The fourth-order valence-corrected chi connectivity index (χ4v) is 10.7. The fourth-order valence-electron chi connectivity index (χ4n) is 8.70. The molecule has 0 saturated heterocycles. The van der Waals surface area contributed by atoms with Gasteiger partial charge in [0.2, 0.25) is 0 Å². The number of fused-ring (bicyclic) bond motifs is 6. The third-order valence-electron chi connectivity index (χ3n) is 10.4. The van der Waals surface area contributed by atoms with Gasteiger partial charge >= 0.3 is 7.82 Å². The fraction of sp³-hybridized carbons (Fsp3) is 0.676. The number of hydrogen-bond donors (Lipinski definition) is 0. The molecule has 3 unspecified atom stereocenters. The van der Waals surface area contributed by atoms with Crippen LogP contribution in [0.15, 0.2) is 48.3 Å². The van der Waals surface area contributed by atoms with Crippen LogP contribution in [0, 0.1) is 28.6 Å². The van der Waals surface area contributed by atoms with Crippen molar-refractivity contribution in [3.8, 4) is 0 Å². The molecule has 2 aromatic rings. The second-order valence-corrected chi connectivity index (χ2v) is 16.9. The zero-order valence-corrected chi connectivity index (χ0v) is 27.2. The van der Waals surface area contributed by atoms with E-state index in [0.29, 0.717) is 17.8 Å². The SMILES string of the molecule is CC(C)(C)OP(=O)(O[C@H]1CC[C@@]2(C)C(=CCC3C2CC[C@]2(C)C(n4cnc5ccccc54)=CCC32)C1)OC(C)(C)C. The Morgan fingerprint density at radius 3 is 2.29 bits per heavy atom. The highest BCUT2D eigenvalue weighted by atomic mass is 31.2. The molecule has 7 heteroatoms. The molecule has 41 heavy (non-hydrogen) atoms. The minimum Gasteiger partial charge on any atom is -0.302 e. The largest absolute Gasteiger partial charge is 0.476 e. The Labute approximate surface area is 246 Å². The van der Waals surface area contributed by atoms with Crippen molar-refractivity contribution in [2.75, 3.05) is 0 Å². The Kier molecular flexibility index (Phi) is 7.09. The second kappa shape index (κ2) is 9.91. The zero-order chi connectivity index (χ0) is 29.4. The lowest BCUT2D eigenvalue weighted by Crippen LogP contribution is -2.50. The second-order valence-electron chi connectivity index (χ2n) is 15.5. The van der Waals surface area contributed by atoms with Gasteiger partial charge in [-0.1, -0.05) is 43.7 Å². The number of allylic oxidation sites excluding steroid dienone is 3. The highest BCUT2D eigenvalue weighted by Gasteiger charge is 2.57. The average Bonchev–Trinajstić information content (AvgIpc) is 3.42. The van der Waals surface area contributed by atoms with E-state index in [-0.39, 0.29) is 16.9 Å². The predicted molar refractivity (Wildman–Crippen MR) is 165 cm³/mol. The summed E-state index contributed by atoms with van der Waals surface area (Å²) < 4.78 is 34.4. The smallest absolute Gasteiger partial charge is 0.302 e. The summed E-state index contributed by atoms with van der Waals surface area (Å²) in [6, 6.07) is 8.49. The van der Waals surface area contributed by atoms with Crippen molar-refractivity contribution in [3.63, 3.8) is 0 Å². The van der Waals surface area contributed by atoms with Gasteiger partial charge in [0.25, 0.3) is 0 Å². The van der Waals surface area contributed by atoms with Gasteiger partial charge in [0.1, 0.15) is 6.33 Å². The van der Waals surface area contributed by atoms with Gasteiger partial charge in [0.15, 0.2) is 0 Å². The third-order valence-corrected chi connectivity index (χ3v) is 12.5. The maximum absolute atomic E-state index is 13.9. The van der Waals surface area contributed by atoms with Crippen LogP contribution in [0.1, 0.15) is 100 Å². The number of rotatable bonds is 5. The lowest BCUT2D eigenvalue weighted by Gasteiger charge is -2.57. The maximum atomic E-state index is 13.9. The Morgan fingerprint density at radius 2 is 1.59 bits per heavy atom. The predicted octanol–water partition coefficient (Wildman–Crippen LogP) is 9.57. The van der Waals surface area contributed by atoms with Crippen molar-refractivity contribution in [2.24, 2.45) is 28.6 Å². The molecule has 0 N–H and O–H groups in total. The van der Waals surface area contributed by atoms with Gasteiger partial charge in [0, 0.05) is 11.1 Å². The van der Waals surface area contributed by atoms with Crippen LogP contribution in [0.25, 0.3) is 16.7 Å². The molecular formula is C34H49N2O4P. The van der Waals surface area contributed by atoms with Crippen LogP contribution in [-0.2, 0) is 18.1 Å². The molecule has 1 aromatic carbocycles. The van der Waals surface area contributed by atoms with Crippen LogP contribution in [0.4, 0.5) is 0 Å². The highest BCUT2D eigenvalue weighted by Crippen LogP contribution is 2.67. The normalized spacial score (nSPS) is 34.0.